The number of nitrogens with zero attached hydrogens (tertiary/aromatic N) is 2. The quantitative estimate of drug-likeness (QED) is 0.607. The lowest BCUT2D eigenvalue weighted by Crippen LogP contribution is -2.32. The number of halogens is 3. The maximum Gasteiger partial charge on any atom is 0.416 e. The van der Waals surface area contributed by atoms with Gasteiger partial charge in [-0.3, -0.25) is 9.52 Å². The maximum atomic E-state index is 12.5. The Morgan fingerprint density at radius 1 is 1.10 bits per heavy atom. The molecule has 2 heterocycles. The second kappa shape index (κ2) is 8.11. The van der Waals surface area contributed by atoms with Crippen LogP contribution in [-0.4, -0.2) is 36.2 Å². The minimum atomic E-state index is -4.44. The number of carbonyl (C=O) groups excluding carboxylic acids is 1. The normalized spacial score (nSPS) is 12.1. The SMILES string of the molecule is O=C(Cc1ccc(C(F)(F)F)cc1)NCCS(=O)(=O)Nc1ccn2nccc2c1. The second-order valence-electron chi connectivity index (χ2n) is 6.26. The molecule has 2 aromatic heterocycles. The van der Waals surface area contributed by atoms with Gasteiger partial charge in [0.2, 0.25) is 15.9 Å². The zero-order valence-electron chi connectivity index (χ0n) is 15.0. The molecule has 0 atom stereocenters. The molecule has 0 bridgehead atoms. The van der Waals surface area contributed by atoms with E-state index in [2.05, 4.69) is 15.1 Å². The summed E-state index contributed by atoms with van der Waals surface area (Å²) in [5.74, 6) is -0.837. The van der Waals surface area contributed by atoms with Crippen LogP contribution in [0, 0.1) is 0 Å². The van der Waals surface area contributed by atoms with Crippen LogP contribution >= 0.6 is 0 Å². The molecule has 2 N–H and O–H groups in total. The number of hydrogen-bond donors (Lipinski definition) is 2. The zero-order valence-corrected chi connectivity index (χ0v) is 15.8. The third-order valence-corrected chi connectivity index (χ3v) is 5.30. The maximum absolute atomic E-state index is 12.5. The summed E-state index contributed by atoms with van der Waals surface area (Å²) in [5, 5.41) is 6.46. The Morgan fingerprint density at radius 3 is 2.52 bits per heavy atom. The Bertz CT molecular complexity index is 1110. The molecule has 0 spiro atoms. The Balaban J connectivity index is 1.48. The number of anilines is 1. The van der Waals surface area contributed by atoms with Crippen LogP contribution in [0.25, 0.3) is 5.52 Å². The van der Waals surface area contributed by atoms with Crippen LogP contribution in [0.1, 0.15) is 11.1 Å². The Labute approximate surface area is 164 Å². The van der Waals surface area contributed by atoms with Gasteiger partial charge in [-0.2, -0.15) is 18.3 Å². The Morgan fingerprint density at radius 2 is 1.83 bits per heavy atom. The van der Waals surface area contributed by atoms with E-state index >= 15 is 0 Å². The molecule has 0 radical (unpaired) electrons. The molecule has 1 amide bonds. The Hall–Kier alpha value is -3.08. The molecule has 3 aromatic rings. The third kappa shape index (κ3) is 5.70. The zero-order chi connectivity index (χ0) is 21.1. The number of nitrogens with one attached hydrogen (secondary N) is 2. The molecule has 3 rings (SSSR count). The molecule has 7 nitrogen and oxygen atoms in total. The predicted molar refractivity (Wildman–Crippen MR) is 101 cm³/mol. The molecule has 29 heavy (non-hydrogen) atoms. The average Bonchev–Trinajstić information content (AvgIpc) is 3.08. The van der Waals surface area contributed by atoms with Crippen molar-refractivity contribution in [3.8, 4) is 0 Å². The first-order valence-corrected chi connectivity index (χ1v) is 10.1. The summed E-state index contributed by atoms with van der Waals surface area (Å²) in [6.07, 6.45) is -1.40. The number of hydrogen-bond acceptors (Lipinski definition) is 4. The Kier molecular flexibility index (Phi) is 5.78. The van der Waals surface area contributed by atoms with Crippen molar-refractivity contribution in [1.29, 1.82) is 0 Å². The summed E-state index contributed by atoms with van der Waals surface area (Å²) in [6.45, 7) is -0.135. The van der Waals surface area contributed by atoms with Gasteiger partial charge in [-0.25, -0.2) is 12.9 Å². The number of sulfonamides is 1. The number of alkyl halides is 3. The van der Waals surface area contributed by atoms with E-state index in [-0.39, 0.29) is 18.7 Å². The van der Waals surface area contributed by atoms with Crippen molar-refractivity contribution in [3.05, 3.63) is 66.0 Å². The van der Waals surface area contributed by atoms with Crippen molar-refractivity contribution in [2.75, 3.05) is 17.0 Å². The molecule has 0 aliphatic rings. The van der Waals surface area contributed by atoms with E-state index in [0.717, 1.165) is 17.6 Å². The number of fused-ring (bicyclic) bond motifs is 1. The van der Waals surface area contributed by atoms with Crippen molar-refractivity contribution in [3.63, 3.8) is 0 Å². The third-order valence-electron chi connectivity index (χ3n) is 4.01. The van der Waals surface area contributed by atoms with Gasteiger partial charge < -0.3 is 5.32 Å². The molecular formula is C18H17F3N4O3S. The van der Waals surface area contributed by atoms with Gasteiger partial charge in [0.25, 0.3) is 0 Å². The van der Waals surface area contributed by atoms with Gasteiger partial charge in [0, 0.05) is 18.9 Å². The van der Waals surface area contributed by atoms with E-state index in [1.807, 2.05) is 0 Å². The second-order valence-corrected chi connectivity index (χ2v) is 8.10. The molecule has 0 fully saturated rings. The van der Waals surface area contributed by atoms with Crippen LogP contribution in [0.5, 0.6) is 0 Å². The van der Waals surface area contributed by atoms with E-state index in [1.165, 1.54) is 12.1 Å². The fourth-order valence-electron chi connectivity index (χ4n) is 2.60. The highest BCUT2D eigenvalue weighted by Gasteiger charge is 2.29. The largest absolute Gasteiger partial charge is 0.416 e. The van der Waals surface area contributed by atoms with E-state index < -0.39 is 27.7 Å². The molecule has 0 saturated carbocycles. The van der Waals surface area contributed by atoms with E-state index in [1.54, 1.807) is 35.1 Å². The summed E-state index contributed by atoms with van der Waals surface area (Å²) in [6, 6.07) is 9.12. The number of benzene rings is 1. The van der Waals surface area contributed by atoms with Gasteiger partial charge in [0.1, 0.15) is 0 Å². The van der Waals surface area contributed by atoms with Crippen molar-refractivity contribution in [2.45, 2.75) is 12.6 Å². The molecule has 0 aliphatic carbocycles. The van der Waals surface area contributed by atoms with Crippen LogP contribution in [-0.2, 0) is 27.4 Å². The van der Waals surface area contributed by atoms with Gasteiger partial charge in [-0.15, -0.1) is 0 Å². The number of carbonyl (C=O) groups is 1. The summed E-state index contributed by atoms with van der Waals surface area (Å²) in [5.41, 5.74) is 0.683. The van der Waals surface area contributed by atoms with E-state index in [9.17, 15) is 26.4 Å². The molecule has 1 aromatic carbocycles. The monoisotopic (exact) mass is 426 g/mol. The average molecular weight is 426 g/mol. The van der Waals surface area contributed by atoms with Crippen molar-refractivity contribution < 1.29 is 26.4 Å². The standard InChI is InChI=1S/C18H17F3N4O3S/c19-18(20,21)14-3-1-13(2-4-14)11-17(26)22-8-10-29(27,28)24-15-6-9-25-16(12-15)5-7-23-25/h1-7,9,12,24H,8,10-11H2,(H,22,26). The predicted octanol–water partition coefficient (Wildman–Crippen LogP) is 2.45. The van der Waals surface area contributed by atoms with Gasteiger partial charge in [-0.05, 0) is 35.9 Å². The van der Waals surface area contributed by atoms with Gasteiger partial charge in [0.05, 0.1) is 28.9 Å². The summed E-state index contributed by atoms with van der Waals surface area (Å²) < 4.78 is 65.9. The van der Waals surface area contributed by atoms with E-state index in [4.69, 9.17) is 0 Å². The highest BCUT2D eigenvalue weighted by atomic mass is 32.2. The lowest BCUT2D eigenvalue weighted by molar-refractivity contribution is -0.137. The molecule has 0 aliphatic heterocycles. The number of rotatable bonds is 7. The fourth-order valence-corrected chi connectivity index (χ4v) is 3.56. The lowest BCUT2D eigenvalue weighted by atomic mass is 10.1. The van der Waals surface area contributed by atoms with Crippen molar-refractivity contribution in [1.82, 2.24) is 14.9 Å². The van der Waals surface area contributed by atoms with Gasteiger partial charge in [0.15, 0.2) is 0 Å². The highest BCUT2D eigenvalue weighted by Crippen LogP contribution is 2.29. The van der Waals surface area contributed by atoms with Gasteiger partial charge in [-0.1, -0.05) is 12.1 Å². The lowest BCUT2D eigenvalue weighted by Gasteiger charge is -2.10. The first kappa shape index (κ1) is 20.6. The molecule has 154 valence electrons. The van der Waals surface area contributed by atoms with Gasteiger partial charge >= 0.3 is 6.18 Å². The summed E-state index contributed by atoms with van der Waals surface area (Å²) >= 11 is 0. The minimum absolute atomic E-state index is 0.135. The van der Waals surface area contributed by atoms with Crippen LogP contribution < -0.4 is 10.0 Å². The number of aromatic nitrogens is 2. The summed E-state index contributed by atoms with van der Waals surface area (Å²) in [7, 11) is -3.70. The van der Waals surface area contributed by atoms with Crippen molar-refractivity contribution in [2.24, 2.45) is 0 Å². The van der Waals surface area contributed by atoms with Crippen LogP contribution in [0.15, 0.2) is 54.9 Å². The van der Waals surface area contributed by atoms with Crippen LogP contribution in [0.3, 0.4) is 0 Å². The molecule has 0 saturated heterocycles. The topological polar surface area (TPSA) is 92.6 Å². The number of pyridine rings is 1. The first-order chi connectivity index (χ1) is 13.6. The van der Waals surface area contributed by atoms with E-state index in [0.29, 0.717) is 11.3 Å². The van der Waals surface area contributed by atoms with Crippen molar-refractivity contribution >= 4 is 27.1 Å². The molecule has 11 heteroatoms. The number of amides is 1. The smallest absolute Gasteiger partial charge is 0.355 e. The van der Waals surface area contributed by atoms with Crippen LogP contribution in [0.4, 0.5) is 18.9 Å². The highest BCUT2D eigenvalue weighted by molar-refractivity contribution is 7.92. The first-order valence-electron chi connectivity index (χ1n) is 8.49. The molecular weight excluding hydrogens is 409 g/mol. The summed E-state index contributed by atoms with van der Waals surface area (Å²) in [4.78, 5) is 11.9. The molecule has 0 unspecified atom stereocenters. The van der Waals surface area contributed by atoms with Crippen LogP contribution in [0.2, 0.25) is 0 Å². The fraction of sp³-hybridized carbons (Fsp3) is 0.222. The minimum Gasteiger partial charge on any atom is -0.355 e.